The first-order chi connectivity index (χ1) is 10.6. The molecule has 0 bridgehead atoms. The van der Waals surface area contributed by atoms with Gasteiger partial charge in [0, 0.05) is 0 Å². The van der Waals surface area contributed by atoms with Gasteiger partial charge in [0.1, 0.15) is 20.1 Å². The highest BCUT2D eigenvalue weighted by atomic mass is 35.5. The Kier molecular flexibility index (Phi) is 5.69. The predicted molar refractivity (Wildman–Crippen MR) is 90.5 cm³/mol. The smallest absolute Gasteiger partial charge is 0.245 e. The zero-order valence-electron chi connectivity index (χ0n) is 10.3. The van der Waals surface area contributed by atoms with Gasteiger partial charge in [-0.15, -0.1) is 0 Å². The average Bonchev–Trinajstić information content (AvgIpc) is 2.54. The predicted octanol–water partition coefficient (Wildman–Crippen LogP) is 5.94. The summed E-state index contributed by atoms with van der Waals surface area (Å²) in [6, 6.07) is 0. The Morgan fingerprint density at radius 1 is 0.652 bits per heavy atom. The lowest BCUT2D eigenvalue weighted by atomic mass is 10.1. The minimum Gasteiger partial charge on any atom is -0.503 e. The molecule has 122 valence electrons. The molecule has 1 aliphatic carbocycles. The first-order valence-electron chi connectivity index (χ1n) is 5.36. The van der Waals surface area contributed by atoms with Gasteiger partial charge in [0.2, 0.25) is 11.6 Å². The van der Waals surface area contributed by atoms with E-state index in [1.165, 1.54) is 0 Å². The summed E-state index contributed by atoms with van der Waals surface area (Å²) >= 11 is 40.7. The quantitative estimate of drug-likeness (QED) is 0.339. The van der Waals surface area contributed by atoms with Crippen LogP contribution in [0.2, 0.25) is 25.1 Å². The lowest BCUT2D eigenvalue weighted by Gasteiger charge is -2.18. The van der Waals surface area contributed by atoms with E-state index in [4.69, 9.17) is 85.9 Å². The normalized spacial score (nSPS) is 15.6. The fraction of sp³-hybridized carbons (Fsp3) is 0. The lowest BCUT2D eigenvalue weighted by Crippen LogP contribution is -2.23. The van der Waals surface area contributed by atoms with Crippen LogP contribution in [-0.2, 0) is 9.59 Å². The van der Waals surface area contributed by atoms with Crippen LogP contribution in [0, 0.1) is 0 Å². The van der Waals surface area contributed by atoms with Crippen molar-refractivity contribution in [3.8, 4) is 5.75 Å². The summed E-state index contributed by atoms with van der Waals surface area (Å²) in [6.45, 7) is 0. The number of hydrogen-bond acceptors (Lipinski definition) is 4. The van der Waals surface area contributed by atoms with Crippen LogP contribution in [0.4, 0.5) is 0 Å². The molecule has 0 radical (unpaired) electrons. The van der Waals surface area contributed by atoms with Gasteiger partial charge in [0.15, 0.2) is 17.3 Å². The van der Waals surface area contributed by atoms with E-state index in [-0.39, 0.29) is 30.9 Å². The molecule has 1 N–H and O–H groups in total. The van der Waals surface area contributed by atoms with Crippen LogP contribution in [0.25, 0.3) is 0 Å². The van der Waals surface area contributed by atoms with Crippen LogP contribution >= 0.6 is 81.2 Å². The maximum Gasteiger partial charge on any atom is 0.245 e. The van der Waals surface area contributed by atoms with Crippen molar-refractivity contribution in [2.75, 3.05) is 0 Å². The number of hydrogen-bond donors (Lipinski definition) is 1. The van der Waals surface area contributed by atoms with Crippen molar-refractivity contribution in [2.45, 2.75) is 0 Å². The van der Waals surface area contributed by atoms with Gasteiger partial charge in [-0.3, -0.25) is 9.59 Å². The van der Waals surface area contributed by atoms with Gasteiger partial charge in [0.05, 0.1) is 15.1 Å². The Labute approximate surface area is 164 Å². The van der Waals surface area contributed by atoms with Crippen LogP contribution in [-0.4, -0.2) is 16.7 Å². The molecule has 0 amide bonds. The van der Waals surface area contributed by atoms with Crippen LogP contribution in [0.1, 0.15) is 0 Å². The van der Waals surface area contributed by atoms with Crippen LogP contribution in [0.5, 0.6) is 5.75 Å². The summed E-state index contributed by atoms with van der Waals surface area (Å²) in [6.07, 6.45) is 0. The number of aliphatic hydroxyl groups is 1. The Morgan fingerprint density at radius 2 is 1.09 bits per heavy atom. The Morgan fingerprint density at radius 3 is 1.57 bits per heavy atom. The zero-order chi connectivity index (χ0) is 17.6. The van der Waals surface area contributed by atoms with Crippen molar-refractivity contribution in [1.29, 1.82) is 0 Å². The third-order valence-corrected chi connectivity index (χ3v) is 5.54. The number of rotatable bonds is 2. The number of ether oxygens (including phenoxy) is 1. The standard InChI is InChI=1S/C12HCl7O4/c13-1-2(14)4(16)11(5(17)3(1)15)23-12-7(19)9(21)8(20)6(18)10(12)22/h20H. The van der Waals surface area contributed by atoms with Gasteiger partial charge in [0.25, 0.3) is 0 Å². The molecule has 0 spiro atoms. The summed E-state index contributed by atoms with van der Waals surface area (Å²) in [4.78, 5) is 23.7. The molecule has 0 saturated carbocycles. The molecule has 0 unspecified atom stereocenters. The Balaban J connectivity index is 2.61. The first kappa shape index (κ1) is 19.0. The zero-order valence-corrected chi connectivity index (χ0v) is 15.6. The second-order valence-corrected chi connectivity index (χ2v) is 6.61. The molecule has 1 aliphatic rings. The molecule has 0 heterocycles. The fourth-order valence-corrected chi connectivity index (χ4v) is 3.06. The largest absolute Gasteiger partial charge is 0.503 e. The highest BCUT2D eigenvalue weighted by Gasteiger charge is 2.36. The minimum atomic E-state index is -1.11. The summed E-state index contributed by atoms with van der Waals surface area (Å²) < 4.78 is 5.20. The fourth-order valence-electron chi connectivity index (χ4n) is 1.48. The van der Waals surface area contributed by atoms with Crippen LogP contribution in [0.3, 0.4) is 0 Å². The molecule has 0 fully saturated rings. The molecule has 1 aromatic carbocycles. The number of Topliss-reactive ketones (excluding diaryl/α,β-unsaturated/α-hetero) is 2. The molecule has 0 aromatic heterocycles. The molecule has 2 rings (SSSR count). The Hall–Kier alpha value is -0.330. The van der Waals surface area contributed by atoms with Gasteiger partial charge in [-0.2, -0.15) is 0 Å². The van der Waals surface area contributed by atoms with Crippen molar-refractivity contribution in [3.63, 3.8) is 0 Å². The van der Waals surface area contributed by atoms with Crippen molar-refractivity contribution in [2.24, 2.45) is 0 Å². The molecular formula is C12HCl7O4. The molecular weight excluding hydrogens is 456 g/mol. The maximum atomic E-state index is 12.0. The van der Waals surface area contributed by atoms with Crippen molar-refractivity contribution in [3.05, 3.63) is 46.7 Å². The van der Waals surface area contributed by atoms with Crippen molar-refractivity contribution < 1.29 is 19.4 Å². The molecule has 0 saturated heterocycles. The number of carbonyl (C=O) groups is 2. The van der Waals surface area contributed by atoms with E-state index in [1.807, 2.05) is 0 Å². The third kappa shape index (κ3) is 3.14. The molecule has 4 nitrogen and oxygen atoms in total. The summed E-state index contributed by atoms with van der Waals surface area (Å²) in [5, 5.41) is 6.88. The second-order valence-electron chi connectivity index (χ2n) is 3.97. The summed E-state index contributed by atoms with van der Waals surface area (Å²) in [5.41, 5.74) is 0. The van der Waals surface area contributed by atoms with Crippen LogP contribution < -0.4 is 4.74 Å². The number of carbonyl (C=O) groups excluding carboxylic acids is 2. The van der Waals surface area contributed by atoms with Crippen LogP contribution in [0.15, 0.2) is 21.6 Å². The SMILES string of the molecule is O=C1C(O)=C(Cl)C(=O)C(Oc2c(Cl)c(Cl)c(Cl)c(Cl)c2Cl)=C1Cl. The van der Waals surface area contributed by atoms with Crippen molar-refractivity contribution in [1.82, 2.24) is 0 Å². The maximum absolute atomic E-state index is 12.0. The number of benzene rings is 1. The molecule has 1 aromatic rings. The molecule has 11 heteroatoms. The van der Waals surface area contributed by atoms with E-state index in [9.17, 15) is 14.7 Å². The first-order valence-corrected chi connectivity index (χ1v) is 8.01. The summed E-state index contributed by atoms with van der Waals surface area (Å²) in [5.74, 6) is -4.21. The van der Waals surface area contributed by atoms with Gasteiger partial charge >= 0.3 is 0 Å². The number of aliphatic hydroxyl groups excluding tert-OH is 1. The molecule has 0 aliphatic heterocycles. The number of halogens is 7. The highest BCUT2D eigenvalue weighted by molar-refractivity contribution is 6.57. The van der Waals surface area contributed by atoms with E-state index >= 15 is 0 Å². The van der Waals surface area contributed by atoms with Gasteiger partial charge in [-0.1, -0.05) is 81.2 Å². The minimum absolute atomic E-state index is 0.127. The topological polar surface area (TPSA) is 63.6 Å². The average molecular weight is 457 g/mol. The van der Waals surface area contributed by atoms with E-state index < -0.39 is 33.1 Å². The summed E-state index contributed by atoms with van der Waals surface area (Å²) in [7, 11) is 0. The van der Waals surface area contributed by atoms with Gasteiger partial charge < -0.3 is 9.84 Å². The van der Waals surface area contributed by atoms with Gasteiger partial charge in [-0.25, -0.2) is 0 Å². The monoisotopic (exact) mass is 454 g/mol. The van der Waals surface area contributed by atoms with E-state index in [0.29, 0.717) is 0 Å². The van der Waals surface area contributed by atoms with E-state index in [1.54, 1.807) is 0 Å². The molecule has 23 heavy (non-hydrogen) atoms. The third-order valence-electron chi connectivity index (χ3n) is 2.60. The lowest BCUT2D eigenvalue weighted by molar-refractivity contribution is -0.118. The Bertz CT molecular complexity index is 796. The van der Waals surface area contributed by atoms with Crippen molar-refractivity contribution >= 4 is 92.8 Å². The molecule has 0 atom stereocenters. The number of allylic oxidation sites excluding steroid dienone is 2. The van der Waals surface area contributed by atoms with Gasteiger partial charge in [-0.05, 0) is 0 Å². The van der Waals surface area contributed by atoms with E-state index in [0.717, 1.165) is 0 Å². The highest BCUT2D eigenvalue weighted by Crippen LogP contribution is 2.49. The number of ketones is 2. The second kappa shape index (κ2) is 6.89. The van der Waals surface area contributed by atoms with E-state index in [2.05, 4.69) is 0 Å².